The number of nitrogens with two attached hydrogens (primary N) is 1. The van der Waals surface area contributed by atoms with Crippen molar-refractivity contribution in [2.24, 2.45) is 5.73 Å². The third-order valence-electron chi connectivity index (χ3n) is 4.39. The third-order valence-corrected chi connectivity index (χ3v) is 5.06. The summed E-state index contributed by atoms with van der Waals surface area (Å²) < 4.78 is 1.04. The summed E-state index contributed by atoms with van der Waals surface area (Å²) in [5.74, 6) is 0.514. The summed E-state index contributed by atoms with van der Waals surface area (Å²) >= 11 is 2.22. The van der Waals surface area contributed by atoms with Crippen LogP contribution in [0, 0.1) is 26.2 Å². The molecule has 0 radical (unpaired) electrons. The number of halogens is 1. The van der Waals surface area contributed by atoms with Crippen LogP contribution in [0.4, 0.5) is 11.4 Å². The van der Waals surface area contributed by atoms with Crippen molar-refractivity contribution < 1.29 is 0 Å². The lowest BCUT2D eigenvalue weighted by atomic mass is 9.83. The molecule has 2 aliphatic heterocycles. The Balaban J connectivity index is 1.98. The fraction of sp³-hybridized carbons (Fsp3) is 0.0526. The van der Waals surface area contributed by atoms with Crippen molar-refractivity contribution in [1.82, 2.24) is 0 Å². The highest BCUT2D eigenvalue weighted by Gasteiger charge is 2.40. The first-order chi connectivity index (χ1) is 12.2. The summed E-state index contributed by atoms with van der Waals surface area (Å²) in [6, 6.07) is 20.0. The maximum Gasteiger partial charge on any atom is 0.131 e. The van der Waals surface area contributed by atoms with Gasteiger partial charge < -0.3 is 11.1 Å². The highest BCUT2D eigenvalue weighted by molar-refractivity contribution is 14.1. The molecule has 120 valence electrons. The van der Waals surface area contributed by atoms with Crippen LogP contribution in [0.3, 0.4) is 0 Å². The number of rotatable bonds is 1. The van der Waals surface area contributed by atoms with E-state index in [1.165, 1.54) is 0 Å². The van der Waals surface area contributed by atoms with Crippen LogP contribution in [-0.4, -0.2) is 0 Å². The molecule has 5 nitrogen and oxygen atoms in total. The van der Waals surface area contributed by atoms with E-state index in [1.54, 1.807) is 4.90 Å². The summed E-state index contributed by atoms with van der Waals surface area (Å²) in [6.07, 6.45) is 0. The van der Waals surface area contributed by atoms with E-state index in [-0.39, 0.29) is 0 Å². The van der Waals surface area contributed by atoms with E-state index in [9.17, 15) is 10.5 Å². The molecule has 0 fully saturated rings. The second-order valence-corrected chi connectivity index (χ2v) is 7.00. The predicted octanol–water partition coefficient (Wildman–Crippen LogP) is 3.75. The van der Waals surface area contributed by atoms with Gasteiger partial charge in [0.15, 0.2) is 0 Å². The average molecular weight is 437 g/mol. The lowest BCUT2D eigenvalue weighted by Crippen LogP contribution is -2.34. The van der Waals surface area contributed by atoms with Gasteiger partial charge in [-0.05, 0) is 52.4 Å². The molecule has 2 aromatic carbocycles. The normalized spacial score (nSPS) is 18.2. The maximum absolute atomic E-state index is 9.87. The molecule has 0 saturated carbocycles. The fourth-order valence-electron chi connectivity index (χ4n) is 3.32. The standard InChI is InChI=1S/C19H12IN5/c20-12-5-3-4-11(8-12)17-13(9-21)18(23)25-16-7-2-1-6-15(16)24-19(25)14(17)10-22/h1-8,17,24H,23H2. The molecule has 1 atom stereocenters. The van der Waals surface area contributed by atoms with Crippen LogP contribution in [0.5, 0.6) is 0 Å². The molecule has 2 heterocycles. The Morgan fingerprint density at radius 3 is 2.52 bits per heavy atom. The number of nitrogens with zero attached hydrogens (tertiary/aromatic N) is 3. The smallest absolute Gasteiger partial charge is 0.131 e. The zero-order chi connectivity index (χ0) is 17.6. The monoisotopic (exact) mass is 437 g/mol. The molecule has 6 heteroatoms. The van der Waals surface area contributed by atoms with E-state index < -0.39 is 5.92 Å². The highest BCUT2D eigenvalue weighted by Crippen LogP contribution is 2.47. The van der Waals surface area contributed by atoms with E-state index in [2.05, 4.69) is 40.0 Å². The number of anilines is 2. The number of fused-ring (bicyclic) bond motifs is 3. The molecule has 0 amide bonds. The van der Waals surface area contributed by atoms with Crippen molar-refractivity contribution >= 4 is 34.0 Å². The zero-order valence-corrected chi connectivity index (χ0v) is 15.2. The third kappa shape index (κ3) is 2.26. The van der Waals surface area contributed by atoms with Crippen LogP contribution in [-0.2, 0) is 0 Å². The first-order valence-corrected chi connectivity index (χ1v) is 8.69. The second kappa shape index (κ2) is 5.83. The number of nitriles is 2. The van der Waals surface area contributed by atoms with Gasteiger partial charge in [0, 0.05) is 3.57 Å². The molecule has 0 spiro atoms. The summed E-state index contributed by atoms with van der Waals surface area (Å²) in [7, 11) is 0. The molecule has 2 aliphatic rings. The Bertz CT molecular complexity index is 1040. The molecule has 1 unspecified atom stereocenters. The zero-order valence-electron chi connectivity index (χ0n) is 13.0. The molecule has 2 aromatic rings. The first kappa shape index (κ1) is 15.6. The average Bonchev–Trinajstić information content (AvgIpc) is 3.01. The van der Waals surface area contributed by atoms with Crippen LogP contribution >= 0.6 is 22.6 Å². The number of nitrogens with one attached hydrogen (secondary N) is 1. The highest BCUT2D eigenvalue weighted by atomic mass is 127. The van der Waals surface area contributed by atoms with E-state index in [0.29, 0.717) is 22.8 Å². The quantitative estimate of drug-likeness (QED) is 0.664. The Labute approximate surface area is 158 Å². The van der Waals surface area contributed by atoms with Crippen LogP contribution in [0.2, 0.25) is 0 Å². The Morgan fingerprint density at radius 2 is 1.80 bits per heavy atom. The van der Waals surface area contributed by atoms with Crippen LogP contribution < -0.4 is 16.0 Å². The van der Waals surface area contributed by atoms with Gasteiger partial charge in [-0.15, -0.1) is 0 Å². The van der Waals surface area contributed by atoms with Crippen molar-refractivity contribution in [3.63, 3.8) is 0 Å². The minimum atomic E-state index is -0.474. The number of hydrogen-bond donors (Lipinski definition) is 2. The topological polar surface area (TPSA) is 88.9 Å². The minimum Gasteiger partial charge on any atom is -0.384 e. The summed E-state index contributed by atoms with van der Waals surface area (Å²) in [6.45, 7) is 0. The van der Waals surface area contributed by atoms with Gasteiger partial charge in [0.2, 0.25) is 0 Å². The predicted molar refractivity (Wildman–Crippen MR) is 104 cm³/mol. The van der Waals surface area contributed by atoms with Gasteiger partial charge in [-0.1, -0.05) is 24.3 Å². The van der Waals surface area contributed by atoms with Crippen molar-refractivity contribution in [1.29, 1.82) is 10.5 Å². The lowest BCUT2D eigenvalue weighted by Gasteiger charge is -2.31. The fourth-order valence-corrected chi connectivity index (χ4v) is 3.89. The maximum atomic E-state index is 9.87. The molecule has 0 saturated heterocycles. The molecule has 0 aliphatic carbocycles. The molecule has 3 N–H and O–H groups in total. The number of benzene rings is 2. The van der Waals surface area contributed by atoms with E-state index in [0.717, 1.165) is 20.5 Å². The molecule has 0 aromatic heterocycles. The number of para-hydroxylation sites is 2. The SMILES string of the molecule is N#CC1=C(N)N2C(=C(C#N)C1c1cccc(I)c1)Nc1ccccc12. The van der Waals surface area contributed by atoms with Gasteiger partial charge >= 0.3 is 0 Å². The van der Waals surface area contributed by atoms with E-state index in [4.69, 9.17) is 5.73 Å². The molecular formula is C19H12IN5. The van der Waals surface area contributed by atoms with Crippen molar-refractivity contribution in [2.75, 3.05) is 10.2 Å². The largest absolute Gasteiger partial charge is 0.384 e. The van der Waals surface area contributed by atoms with Crippen molar-refractivity contribution in [3.8, 4) is 12.1 Å². The van der Waals surface area contributed by atoms with Crippen LogP contribution in [0.1, 0.15) is 11.5 Å². The summed E-state index contributed by atoms with van der Waals surface area (Å²) in [5, 5.41) is 22.9. The number of allylic oxidation sites excluding steroid dienone is 2. The van der Waals surface area contributed by atoms with Gasteiger partial charge in [-0.2, -0.15) is 10.5 Å². The minimum absolute atomic E-state index is 0.359. The van der Waals surface area contributed by atoms with Crippen molar-refractivity contribution in [3.05, 3.63) is 80.5 Å². The second-order valence-electron chi connectivity index (χ2n) is 5.75. The van der Waals surface area contributed by atoms with Crippen LogP contribution in [0.25, 0.3) is 0 Å². The Morgan fingerprint density at radius 1 is 1.04 bits per heavy atom. The Hall–Kier alpha value is -2.97. The van der Waals surface area contributed by atoms with E-state index >= 15 is 0 Å². The molecular weight excluding hydrogens is 425 g/mol. The van der Waals surface area contributed by atoms with Gasteiger partial charge in [-0.25, -0.2) is 0 Å². The molecule has 25 heavy (non-hydrogen) atoms. The van der Waals surface area contributed by atoms with Gasteiger partial charge in [0.1, 0.15) is 11.6 Å². The van der Waals surface area contributed by atoms with E-state index in [1.807, 2.05) is 48.5 Å². The van der Waals surface area contributed by atoms with Crippen LogP contribution in [0.15, 0.2) is 71.3 Å². The van der Waals surface area contributed by atoms with Gasteiger partial charge in [0.05, 0.1) is 40.6 Å². The summed E-state index contributed by atoms with van der Waals surface area (Å²) in [4.78, 5) is 1.76. The lowest BCUT2D eigenvalue weighted by molar-refractivity contribution is 0.868. The molecule has 4 rings (SSSR count). The number of hydrogen-bond acceptors (Lipinski definition) is 5. The molecule has 0 bridgehead atoms. The first-order valence-electron chi connectivity index (χ1n) is 7.61. The van der Waals surface area contributed by atoms with Gasteiger partial charge in [-0.3, -0.25) is 4.90 Å². The van der Waals surface area contributed by atoms with Gasteiger partial charge in [0.25, 0.3) is 0 Å². The Kier molecular flexibility index (Phi) is 3.63. The summed E-state index contributed by atoms with van der Waals surface area (Å²) in [5.41, 5.74) is 9.84. The van der Waals surface area contributed by atoms with Crippen molar-refractivity contribution in [2.45, 2.75) is 5.92 Å².